The van der Waals surface area contributed by atoms with Crippen LogP contribution in [0.4, 0.5) is 15.8 Å². The van der Waals surface area contributed by atoms with Crippen LogP contribution in [0.1, 0.15) is 37.7 Å². The van der Waals surface area contributed by atoms with Crippen LogP contribution >= 0.6 is 11.8 Å². The second kappa shape index (κ2) is 9.74. The number of anilines is 2. The summed E-state index contributed by atoms with van der Waals surface area (Å²) in [5.41, 5.74) is 2.18. The maximum absolute atomic E-state index is 14.6. The summed E-state index contributed by atoms with van der Waals surface area (Å²) in [5, 5.41) is 2.78. The molecule has 1 fully saturated rings. The number of nitrogens with zero attached hydrogens (tertiary/aromatic N) is 2. The highest BCUT2D eigenvalue weighted by molar-refractivity contribution is 7.99. The maximum atomic E-state index is 14.6. The van der Waals surface area contributed by atoms with Crippen molar-refractivity contribution in [3.05, 3.63) is 54.1 Å². The summed E-state index contributed by atoms with van der Waals surface area (Å²) in [6.07, 6.45) is 9.44. The molecule has 3 rings (SSSR count). The van der Waals surface area contributed by atoms with Gasteiger partial charge in [0.2, 0.25) is 5.91 Å². The van der Waals surface area contributed by atoms with Crippen molar-refractivity contribution in [3.63, 3.8) is 0 Å². The molecule has 1 amide bonds. The van der Waals surface area contributed by atoms with Crippen molar-refractivity contribution >= 4 is 29.0 Å². The highest BCUT2D eigenvalue weighted by atomic mass is 32.2. The van der Waals surface area contributed by atoms with Crippen LogP contribution < -0.4 is 10.2 Å². The molecule has 0 bridgehead atoms. The Morgan fingerprint density at radius 1 is 1.30 bits per heavy atom. The van der Waals surface area contributed by atoms with Crippen LogP contribution in [-0.2, 0) is 10.5 Å². The smallest absolute Gasteiger partial charge is 0.234 e. The molecular weight excluding hydrogens is 361 g/mol. The molecule has 1 heterocycles. The quantitative estimate of drug-likeness (QED) is 0.737. The highest BCUT2D eigenvalue weighted by Crippen LogP contribution is 2.29. The van der Waals surface area contributed by atoms with Crippen molar-refractivity contribution < 1.29 is 9.18 Å². The summed E-state index contributed by atoms with van der Waals surface area (Å²) in [6, 6.07) is 9.22. The van der Waals surface area contributed by atoms with E-state index < -0.39 is 0 Å². The Bertz CT molecular complexity index is 750. The summed E-state index contributed by atoms with van der Waals surface area (Å²) in [6.45, 7) is 0. The minimum absolute atomic E-state index is 0.128. The summed E-state index contributed by atoms with van der Waals surface area (Å²) < 4.78 is 14.6. The number of carbonyl (C=O) groups is 1. The largest absolute Gasteiger partial charge is 0.369 e. The number of thioether (sulfide) groups is 1. The second-order valence-electron chi connectivity index (χ2n) is 6.97. The van der Waals surface area contributed by atoms with Crippen LogP contribution in [-0.4, -0.2) is 29.7 Å². The van der Waals surface area contributed by atoms with E-state index in [1.54, 1.807) is 24.5 Å². The van der Waals surface area contributed by atoms with Gasteiger partial charge in [-0.2, -0.15) is 0 Å². The Hall–Kier alpha value is -2.08. The van der Waals surface area contributed by atoms with Crippen LogP contribution in [0.5, 0.6) is 0 Å². The summed E-state index contributed by atoms with van der Waals surface area (Å²) in [4.78, 5) is 18.2. The van der Waals surface area contributed by atoms with Gasteiger partial charge < -0.3 is 10.2 Å². The SMILES string of the molecule is CN(c1ccc(NC(=O)CSCc2cccnc2)cc1F)C1CCCCC1. The third-order valence-electron chi connectivity index (χ3n) is 4.96. The van der Waals surface area contributed by atoms with Crippen LogP contribution in [0.2, 0.25) is 0 Å². The normalized spacial score (nSPS) is 14.7. The lowest BCUT2D eigenvalue weighted by molar-refractivity contribution is -0.113. The first kappa shape index (κ1) is 19.7. The standard InChI is InChI=1S/C21H26FN3OS/c1-25(18-7-3-2-4-8-18)20-10-9-17(12-19(20)22)24-21(26)15-27-14-16-6-5-11-23-13-16/h5-6,9-13,18H,2-4,7-8,14-15H2,1H3,(H,24,26). The predicted octanol–water partition coefficient (Wildman–Crippen LogP) is 4.86. The summed E-state index contributed by atoms with van der Waals surface area (Å²) in [5.74, 6) is 0.626. The van der Waals surface area contributed by atoms with E-state index in [1.807, 2.05) is 24.1 Å². The van der Waals surface area contributed by atoms with Crippen LogP contribution in [0, 0.1) is 5.82 Å². The van der Waals surface area contributed by atoms with Crippen molar-refractivity contribution in [2.24, 2.45) is 0 Å². The molecule has 0 atom stereocenters. The van der Waals surface area contributed by atoms with Crippen molar-refractivity contribution in [1.29, 1.82) is 0 Å². The van der Waals surface area contributed by atoms with Crippen LogP contribution in [0.25, 0.3) is 0 Å². The number of hydrogen-bond donors (Lipinski definition) is 1. The average molecular weight is 388 g/mol. The Morgan fingerprint density at radius 3 is 2.81 bits per heavy atom. The van der Waals surface area contributed by atoms with Gasteiger partial charge in [0.15, 0.2) is 0 Å². The zero-order valence-corrected chi connectivity index (χ0v) is 16.5. The minimum Gasteiger partial charge on any atom is -0.369 e. The number of benzene rings is 1. The summed E-state index contributed by atoms with van der Waals surface area (Å²) in [7, 11) is 1.96. The van der Waals surface area contributed by atoms with Crippen molar-refractivity contribution in [1.82, 2.24) is 4.98 Å². The third-order valence-corrected chi connectivity index (χ3v) is 5.96. The van der Waals surface area contributed by atoms with E-state index >= 15 is 0 Å². The van der Waals surface area contributed by atoms with Gasteiger partial charge in [0, 0.05) is 36.9 Å². The van der Waals surface area contributed by atoms with Gasteiger partial charge in [-0.3, -0.25) is 9.78 Å². The molecule has 1 aromatic heterocycles. The fourth-order valence-corrected chi connectivity index (χ4v) is 4.24. The molecule has 1 aliphatic rings. The van der Waals surface area contributed by atoms with Crippen LogP contribution in [0.3, 0.4) is 0 Å². The molecule has 144 valence electrons. The molecule has 0 unspecified atom stereocenters. The average Bonchev–Trinajstić information content (AvgIpc) is 2.69. The number of aromatic nitrogens is 1. The fourth-order valence-electron chi connectivity index (χ4n) is 3.48. The first-order valence-electron chi connectivity index (χ1n) is 9.42. The molecule has 27 heavy (non-hydrogen) atoms. The van der Waals surface area contributed by atoms with Gasteiger partial charge in [0.25, 0.3) is 0 Å². The Balaban J connectivity index is 1.51. The molecule has 0 radical (unpaired) electrons. The minimum atomic E-state index is -0.288. The van der Waals surface area contributed by atoms with E-state index in [-0.39, 0.29) is 11.7 Å². The fraction of sp³-hybridized carbons (Fsp3) is 0.429. The van der Waals surface area contributed by atoms with Gasteiger partial charge in [0.1, 0.15) is 5.82 Å². The number of nitrogens with one attached hydrogen (secondary N) is 1. The van der Waals surface area contributed by atoms with E-state index in [9.17, 15) is 9.18 Å². The molecule has 0 aliphatic heterocycles. The number of rotatable bonds is 7. The lowest BCUT2D eigenvalue weighted by Crippen LogP contribution is -2.33. The molecule has 4 nitrogen and oxygen atoms in total. The van der Waals surface area contributed by atoms with Crippen LogP contribution in [0.15, 0.2) is 42.7 Å². The topological polar surface area (TPSA) is 45.2 Å². The Kier molecular flexibility index (Phi) is 7.10. The van der Waals surface area contributed by atoms with Gasteiger partial charge in [-0.15, -0.1) is 11.8 Å². The third kappa shape index (κ3) is 5.70. The molecular formula is C21H26FN3OS. The molecule has 1 aromatic carbocycles. The Labute approximate surface area is 164 Å². The number of hydrogen-bond acceptors (Lipinski definition) is 4. The molecule has 2 aromatic rings. The number of amides is 1. The van der Waals surface area contributed by atoms with E-state index in [0.29, 0.717) is 23.2 Å². The molecule has 1 saturated carbocycles. The van der Waals surface area contributed by atoms with Gasteiger partial charge in [-0.05, 0) is 42.7 Å². The second-order valence-corrected chi connectivity index (χ2v) is 7.96. The lowest BCUT2D eigenvalue weighted by atomic mass is 9.94. The van der Waals surface area contributed by atoms with E-state index in [4.69, 9.17) is 0 Å². The molecule has 0 saturated heterocycles. The monoisotopic (exact) mass is 387 g/mol. The lowest BCUT2D eigenvalue weighted by Gasteiger charge is -2.33. The van der Waals surface area contributed by atoms with Gasteiger partial charge in [0.05, 0.1) is 11.4 Å². The van der Waals surface area contributed by atoms with E-state index in [0.717, 1.165) is 24.2 Å². The van der Waals surface area contributed by atoms with Gasteiger partial charge >= 0.3 is 0 Å². The molecule has 1 aliphatic carbocycles. The Morgan fingerprint density at radius 2 is 2.11 bits per heavy atom. The number of carbonyl (C=O) groups excluding carboxylic acids is 1. The first-order chi connectivity index (χ1) is 13.1. The first-order valence-corrected chi connectivity index (χ1v) is 10.6. The van der Waals surface area contributed by atoms with Crippen molar-refractivity contribution in [3.8, 4) is 0 Å². The number of pyridine rings is 1. The van der Waals surface area contributed by atoms with E-state index in [2.05, 4.69) is 10.3 Å². The number of halogens is 1. The zero-order valence-electron chi connectivity index (χ0n) is 15.7. The summed E-state index contributed by atoms with van der Waals surface area (Å²) >= 11 is 1.51. The van der Waals surface area contributed by atoms with Crippen molar-refractivity contribution in [2.45, 2.75) is 43.9 Å². The predicted molar refractivity (Wildman–Crippen MR) is 111 cm³/mol. The van der Waals surface area contributed by atoms with Gasteiger partial charge in [-0.25, -0.2) is 4.39 Å². The van der Waals surface area contributed by atoms with Crippen molar-refractivity contribution in [2.75, 3.05) is 23.0 Å². The highest BCUT2D eigenvalue weighted by Gasteiger charge is 2.20. The molecule has 6 heteroatoms. The van der Waals surface area contributed by atoms with Gasteiger partial charge in [-0.1, -0.05) is 25.3 Å². The molecule has 1 N–H and O–H groups in total. The van der Waals surface area contributed by atoms with E-state index in [1.165, 1.54) is 37.1 Å². The zero-order chi connectivity index (χ0) is 19.1. The maximum Gasteiger partial charge on any atom is 0.234 e. The molecule has 0 spiro atoms.